The molecule has 1 aromatic carbocycles. The molecule has 1 nitrogen and oxygen atoms in total. The van der Waals surface area contributed by atoms with E-state index in [9.17, 15) is 0 Å². The number of hydrogen-bond acceptors (Lipinski definition) is 1. The lowest BCUT2D eigenvalue weighted by Gasteiger charge is -2.20. The van der Waals surface area contributed by atoms with E-state index >= 15 is 0 Å². The van der Waals surface area contributed by atoms with Crippen molar-refractivity contribution in [2.24, 2.45) is 0 Å². The lowest BCUT2D eigenvalue weighted by molar-refractivity contribution is 0.638. The molecule has 0 aliphatic rings. The summed E-state index contributed by atoms with van der Waals surface area (Å²) in [6.45, 7) is 8.98. The van der Waals surface area contributed by atoms with E-state index < -0.39 is 0 Å². The summed E-state index contributed by atoms with van der Waals surface area (Å²) in [5, 5.41) is 3.37. The van der Waals surface area contributed by atoms with Crippen molar-refractivity contribution in [3.63, 3.8) is 0 Å². The molecule has 90 valence electrons. The Labute approximate surface area is 100 Å². The minimum atomic E-state index is 0.454. The lowest BCUT2D eigenvalue weighted by atomic mass is 9.90. The van der Waals surface area contributed by atoms with E-state index in [4.69, 9.17) is 0 Å². The molecule has 0 aliphatic heterocycles. The Kier molecular flexibility index (Phi) is 5.01. The summed E-state index contributed by atoms with van der Waals surface area (Å²) >= 11 is 0. The summed E-state index contributed by atoms with van der Waals surface area (Å²) in [6.07, 6.45) is 3.39. The Hall–Kier alpha value is -0.820. The van der Waals surface area contributed by atoms with Crippen LogP contribution >= 0.6 is 0 Å². The van der Waals surface area contributed by atoms with E-state index in [2.05, 4.69) is 45.1 Å². The molecule has 1 unspecified atom stereocenters. The van der Waals surface area contributed by atoms with Crippen LogP contribution in [0.3, 0.4) is 0 Å². The SMILES string of the molecule is CCc1cc(CC)c(C(C)NC)c(CC)c1. The second kappa shape index (κ2) is 6.05. The molecule has 0 aromatic heterocycles. The van der Waals surface area contributed by atoms with Gasteiger partial charge >= 0.3 is 0 Å². The van der Waals surface area contributed by atoms with Gasteiger partial charge in [0.2, 0.25) is 0 Å². The maximum absolute atomic E-state index is 3.37. The molecular weight excluding hydrogens is 194 g/mol. The van der Waals surface area contributed by atoms with Crippen LogP contribution in [0.15, 0.2) is 12.1 Å². The van der Waals surface area contributed by atoms with Crippen molar-refractivity contribution in [3.05, 3.63) is 34.4 Å². The number of nitrogens with one attached hydrogen (secondary N) is 1. The first kappa shape index (κ1) is 13.2. The maximum atomic E-state index is 3.37. The van der Waals surface area contributed by atoms with Crippen molar-refractivity contribution < 1.29 is 0 Å². The van der Waals surface area contributed by atoms with Gasteiger partial charge in [-0.25, -0.2) is 0 Å². The predicted octanol–water partition coefficient (Wildman–Crippen LogP) is 3.65. The summed E-state index contributed by atoms with van der Waals surface area (Å²) in [5.41, 5.74) is 6.02. The van der Waals surface area contributed by atoms with Gasteiger partial charge < -0.3 is 5.32 Å². The standard InChI is InChI=1S/C15H25N/c1-6-12-9-13(7-2)15(11(4)16-5)14(8-3)10-12/h9-11,16H,6-8H2,1-5H3. The van der Waals surface area contributed by atoms with Gasteiger partial charge in [0.05, 0.1) is 0 Å². The van der Waals surface area contributed by atoms with Crippen LogP contribution in [0.4, 0.5) is 0 Å². The molecule has 0 aliphatic carbocycles. The zero-order valence-electron chi connectivity index (χ0n) is 11.4. The van der Waals surface area contributed by atoms with E-state index in [-0.39, 0.29) is 0 Å². The summed E-state index contributed by atoms with van der Waals surface area (Å²) in [6, 6.07) is 5.21. The predicted molar refractivity (Wildman–Crippen MR) is 72.1 cm³/mol. The smallest absolute Gasteiger partial charge is 0.0294 e. The first-order chi connectivity index (χ1) is 7.67. The fraction of sp³-hybridized carbons (Fsp3) is 0.600. The molecule has 0 spiro atoms. The second-order valence-corrected chi connectivity index (χ2v) is 4.40. The number of rotatable bonds is 5. The summed E-state index contributed by atoms with van der Waals surface area (Å²) in [5.74, 6) is 0. The molecule has 0 saturated heterocycles. The molecule has 0 bridgehead atoms. The van der Waals surface area contributed by atoms with Crippen molar-refractivity contribution in [1.82, 2.24) is 5.32 Å². The van der Waals surface area contributed by atoms with Crippen LogP contribution in [0.1, 0.15) is 56.0 Å². The highest BCUT2D eigenvalue weighted by Gasteiger charge is 2.13. The third-order valence-corrected chi connectivity index (χ3v) is 3.45. The van der Waals surface area contributed by atoms with Gasteiger partial charge in [0.1, 0.15) is 0 Å². The minimum Gasteiger partial charge on any atom is -0.313 e. The molecule has 1 atom stereocenters. The van der Waals surface area contributed by atoms with Crippen LogP contribution in [-0.2, 0) is 19.3 Å². The Morgan fingerprint density at radius 3 is 1.81 bits per heavy atom. The highest BCUT2D eigenvalue weighted by atomic mass is 14.9. The first-order valence-corrected chi connectivity index (χ1v) is 6.49. The topological polar surface area (TPSA) is 12.0 Å². The number of benzene rings is 1. The van der Waals surface area contributed by atoms with Gasteiger partial charge in [0.25, 0.3) is 0 Å². The van der Waals surface area contributed by atoms with E-state index in [1.165, 1.54) is 22.3 Å². The summed E-state index contributed by atoms with van der Waals surface area (Å²) < 4.78 is 0. The summed E-state index contributed by atoms with van der Waals surface area (Å²) in [7, 11) is 2.04. The van der Waals surface area contributed by atoms with Gasteiger partial charge in [0, 0.05) is 6.04 Å². The molecule has 0 fully saturated rings. The van der Waals surface area contributed by atoms with Crippen LogP contribution in [-0.4, -0.2) is 7.05 Å². The van der Waals surface area contributed by atoms with Crippen LogP contribution in [0, 0.1) is 0 Å². The maximum Gasteiger partial charge on any atom is 0.0294 e. The number of aryl methyl sites for hydroxylation is 3. The largest absolute Gasteiger partial charge is 0.313 e. The van der Waals surface area contributed by atoms with Gasteiger partial charge in [-0.1, -0.05) is 32.9 Å². The van der Waals surface area contributed by atoms with Crippen molar-refractivity contribution >= 4 is 0 Å². The molecule has 16 heavy (non-hydrogen) atoms. The molecule has 1 aromatic rings. The Morgan fingerprint density at radius 2 is 1.50 bits per heavy atom. The van der Waals surface area contributed by atoms with E-state index in [1.807, 2.05) is 7.05 Å². The zero-order chi connectivity index (χ0) is 12.1. The third kappa shape index (κ3) is 2.65. The molecular formula is C15H25N. The van der Waals surface area contributed by atoms with Gasteiger partial charge in [-0.15, -0.1) is 0 Å². The van der Waals surface area contributed by atoms with Gasteiger partial charge in [0.15, 0.2) is 0 Å². The number of hydrogen-bond donors (Lipinski definition) is 1. The molecule has 0 radical (unpaired) electrons. The molecule has 1 N–H and O–H groups in total. The molecule has 0 amide bonds. The molecule has 0 heterocycles. The van der Waals surface area contributed by atoms with Gasteiger partial charge in [-0.3, -0.25) is 0 Å². The minimum absolute atomic E-state index is 0.454. The van der Waals surface area contributed by atoms with Crippen LogP contribution in [0.25, 0.3) is 0 Å². The zero-order valence-corrected chi connectivity index (χ0v) is 11.4. The van der Waals surface area contributed by atoms with Crippen molar-refractivity contribution in [2.75, 3.05) is 7.05 Å². The average molecular weight is 219 g/mol. The third-order valence-electron chi connectivity index (χ3n) is 3.45. The Morgan fingerprint density at radius 1 is 1.00 bits per heavy atom. The normalized spacial score (nSPS) is 12.8. The Balaban J connectivity index is 3.31. The highest BCUT2D eigenvalue weighted by molar-refractivity contribution is 5.41. The molecule has 1 heteroatoms. The van der Waals surface area contributed by atoms with Crippen molar-refractivity contribution in [2.45, 2.75) is 53.0 Å². The van der Waals surface area contributed by atoms with Crippen molar-refractivity contribution in [1.29, 1.82) is 0 Å². The Bertz CT molecular complexity index is 316. The van der Waals surface area contributed by atoms with Gasteiger partial charge in [-0.2, -0.15) is 0 Å². The van der Waals surface area contributed by atoms with Crippen LogP contribution in [0.5, 0.6) is 0 Å². The first-order valence-electron chi connectivity index (χ1n) is 6.49. The average Bonchev–Trinajstić information content (AvgIpc) is 2.35. The summed E-state index contributed by atoms with van der Waals surface area (Å²) in [4.78, 5) is 0. The van der Waals surface area contributed by atoms with Crippen LogP contribution in [0.2, 0.25) is 0 Å². The van der Waals surface area contributed by atoms with E-state index in [0.717, 1.165) is 19.3 Å². The molecule has 0 saturated carbocycles. The second-order valence-electron chi connectivity index (χ2n) is 4.40. The molecule has 1 rings (SSSR count). The van der Waals surface area contributed by atoms with Crippen molar-refractivity contribution in [3.8, 4) is 0 Å². The lowest BCUT2D eigenvalue weighted by Crippen LogP contribution is -2.16. The van der Waals surface area contributed by atoms with Gasteiger partial charge in [-0.05, 0) is 55.5 Å². The fourth-order valence-electron chi connectivity index (χ4n) is 2.34. The fourth-order valence-corrected chi connectivity index (χ4v) is 2.34. The van der Waals surface area contributed by atoms with E-state index in [1.54, 1.807) is 0 Å². The van der Waals surface area contributed by atoms with Crippen LogP contribution < -0.4 is 5.32 Å². The van der Waals surface area contributed by atoms with E-state index in [0.29, 0.717) is 6.04 Å². The highest BCUT2D eigenvalue weighted by Crippen LogP contribution is 2.25. The monoisotopic (exact) mass is 219 g/mol. The quantitative estimate of drug-likeness (QED) is 0.797.